The zero-order valence-electron chi connectivity index (χ0n) is 25.7. The van der Waals surface area contributed by atoms with Gasteiger partial charge in [-0.15, -0.1) is 0 Å². The third-order valence-corrected chi connectivity index (χ3v) is 9.32. The molecule has 226 valence electrons. The quantitative estimate of drug-likeness (QED) is 0.214. The molecule has 0 amide bonds. The predicted molar refractivity (Wildman–Crippen MR) is 196 cm³/mol. The molecule has 0 bridgehead atoms. The summed E-state index contributed by atoms with van der Waals surface area (Å²) in [5, 5.41) is 10.3. The van der Waals surface area contributed by atoms with E-state index in [2.05, 4.69) is 108 Å². The van der Waals surface area contributed by atoms with Crippen LogP contribution in [0.2, 0.25) is 0 Å². The van der Waals surface area contributed by atoms with E-state index in [1.54, 1.807) is 0 Å². The van der Waals surface area contributed by atoms with E-state index >= 15 is 0 Å². The van der Waals surface area contributed by atoms with Gasteiger partial charge in [0, 0.05) is 32.7 Å². The van der Waals surface area contributed by atoms with E-state index in [4.69, 9.17) is 18.8 Å². The molecule has 0 spiro atoms. The van der Waals surface area contributed by atoms with Gasteiger partial charge in [0.05, 0.1) is 0 Å². The number of benzene rings is 7. The highest BCUT2D eigenvalue weighted by atomic mass is 16.3. The van der Waals surface area contributed by atoms with Gasteiger partial charge in [-0.3, -0.25) is 0 Å². The molecular weight excluding hydrogens is 590 g/mol. The predicted octanol–water partition coefficient (Wildman–Crippen LogP) is 10.8. The van der Waals surface area contributed by atoms with E-state index in [0.717, 1.165) is 88.3 Å². The van der Waals surface area contributed by atoms with Crippen LogP contribution in [0.1, 0.15) is 22.9 Å². The van der Waals surface area contributed by atoms with E-state index in [-0.39, 0.29) is 6.17 Å². The summed E-state index contributed by atoms with van der Waals surface area (Å²) in [6.45, 7) is 0. The van der Waals surface area contributed by atoms with Crippen LogP contribution in [0.5, 0.6) is 0 Å². The SMILES string of the molecule is c1ccc(C2=NC(c3ccccc3)NC(c3c(-c4ccc5oc6ccccc6c5c4)ccc4oc5cc6ccccc6cc5c34)=N2)cc1. The van der Waals surface area contributed by atoms with Crippen LogP contribution in [-0.4, -0.2) is 11.7 Å². The van der Waals surface area contributed by atoms with E-state index in [0.29, 0.717) is 5.84 Å². The van der Waals surface area contributed by atoms with E-state index in [1.807, 2.05) is 48.5 Å². The van der Waals surface area contributed by atoms with E-state index in [1.165, 1.54) is 0 Å². The first kappa shape index (κ1) is 26.7. The number of rotatable bonds is 4. The highest BCUT2D eigenvalue weighted by molar-refractivity contribution is 6.25. The summed E-state index contributed by atoms with van der Waals surface area (Å²) in [5.41, 5.74) is 8.47. The molecule has 0 fully saturated rings. The van der Waals surface area contributed by atoms with Crippen molar-refractivity contribution in [1.82, 2.24) is 5.32 Å². The Bertz CT molecular complexity index is 2760. The molecule has 0 radical (unpaired) electrons. The first-order valence-electron chi connectivity index (χ1n) is 16.1. The fourth-order valence-corrected chi connectivity index (χ4v) is 7.03. The van der Waals surface area contributed by atoms with Crippen molar-refractivity contribution in [2.24, 2.45) is 9.98 Å². The maximum Gasteiger partial charge on any atom is 0.159 e. The van der Waals surface area contributed by atoms with Gasteiger partial charge < -0.3 is 14.2 Å². The summed E-state index contributed by atoms with van der Waals surface area (Å²) in [4.78, 5) is 10.4. The molecule has 0 saturated carbocycles. The maximum absolute atomic E-state index is 6.59. The Morgan fingerprint density at radius 3 is 2.04 bits per heavy atom. The number of nitrogens with one attached hydrogen (secondary N) is 1. The third kappa shape index (κ3) is 4.25. The Kier molecular flexibility index (Phi) is 5.87. The highest BCUT2D eigenvalue weighted by Gasteiger charge is 2.27. The van der Waals surface area contributed by atoms with Crippen LogP contribution < -0.4 is 5.32 Å². The highest BCUT2D eigenvalue weighted by Crippen LogP contribution is 2.41. The minimum Gasteiger partial charge on any atom is -0.456 e. The van der Waals surface area contributed by atoms with Crippen molar-refractivity contribution in [3.63, 3.8) is 0 Å². The van der Waals surface area contributed by atoms with Crippen molar-refractivity contribution in [3.8, 4) is 11.1 Å². The Balaban J connectivity index is 1.28. The van der Waals surface area contributed by atoms with Crippen LogP contribution in [0.4, 0.5) is 0 Å². The lowest BCUT2D eigenvalue weighted by atomic mass is 9.92. The number of para-hydroxylation sites is 1. The number of amidine groups is 2. The summed E-state index contributed by atoms with van der Waals surface area (Å²) < 4.78 is 12.8. The van der Waals surface area contributed by atoms with Gasteiger partial charge in [-0.25, -0.2) is 9.98 Å². The van der Waals surface area contributed by atoms with Gasteiger partial charge >= 0.3 is 0 Å². The van der Waals surface area contributed by atoms with Crippen molar-refractivity contribution >= 4 is 66.3 Å². The number of nitrogens with zero attached hydrogens (tertiary/aromatic N) is 2. The van der Waals surface area contributed by atoms with Crippen LogP contribution in [0, 0.1) is 0 Å². The molecule has 0 saturated heterocycles. The number of aliphatic imine (C=N–C) groups is 2. The average molecular weight is 618 g/mol. The standard InChI is InChI=1S/C43H27N3O2/c1-3-11-26(12-4-1)41-44-42(27-13-5-2-6-14-27)46-43(45-41)40-31(30-19-21-36-33(24-30)32-17-9-10-18-35(32)47-36)20-22-37-39(40)34-23-28-15-7-8-16-29(28)25-38(34)48-37/h1-25,41H,(H,44,45,46). The molecule has 10 rings (SSSR count). The number of hydrogen-bond donors (Lipinski definition) is 1. The third-order valence-electron chi connectivity index (χ3n) is 9.32. The van der Waals surface area contributed by atoms with E-state index < -0.39 is 0 Å². The lowest BCUT2D eigenvalue weighted by Crippen LogP contribution is -2.34. The minimum absolute atomic E-state index is 0.337. The molecule has 48 heavy (non-hydrogen) atoms. The molecule has 2 aromatic heterocycles. The van der Waals surface area contributed by atoms with Gasteiger partial charge in [-0.1, -0.05) is 109 Å². The molecule has 9 aromatic rings. The molecule has 1 aliphatic rings. The Labute approximate surface area is 275 Å². The van der Waals surface area contributed by atoms with Crippen molar-refractivity contribution in [1.29, 1.82) is 0 Å². The maximum atomic E-state index is 6.59. The number of hydrogen-bond acceptors (Lipinski definition) is 5. The molecule has 1 unspecified atom stereocenters. The second-order valence-corrected chi connectivity index (χ2v) is 12.2. The Morgan fingerprint density at radius 1 is 0.500 bits per heavy atom. The van der Waals surface area contributed by atoms with Crippen LogP contribution in [0.15, 0.2) is 170 Å². The fraction of sp³-hybridized carbons (Fsp3) is 0.0233. The van der Waals surface area contributed by atoms with Gasteiger partial charge in [-0.05, 0) is 69.9 Å². The van der Waals surface area contributed by atoms with E-state index in [9.17, 15) is 0 Å². The van der Waals surface area contributed by atoms with Crippen molar-refractivity contribution in [2.75, 3.05) is 0 Å². The fourth-order valence-electron chi connectivity index (χ4n) is 7.03. The minimum atomic E-state index is -0.337. The molecule has 1 N–H and O–H groups in total. The van der Waals surface area contributed by atoms with Crippen molar-refractivity contribution < 1.29 is 8.83 Å². The van der Waals surface area contributed by atoms with Crippen LogP contribution in [-0.2, 0) is 0 Å². The molecule has 7 aromatic carbocycles. The first-order valence-corrected chi connectivity index (χ1v) is 16.1. The molecule has 1 atom stereocenters. The summed E-state index contributed by atoms with van der Waals surface area (Å²) in [5.74, 6) is 1.42. The lowest BCUT2D eigenvalue weighted by Gasteiger charge is -2.25. The van der Waals surface area contributed by atoms with Gasteiger partial charge in [0.1, 0.15) is 34.3 Å². The molecule has 5 nitrogen and oxygen atoms in total. The van der Waals surface area contributed by atoms with Gasteiger partial charge in [-0.2, -0.15) is 0 Å². The molecule has 5 heteroatoms. The lowest BCUT2D eigenvalue weighted by molar-refractivity contribution is 0.668. The van der Waals surface area contributed by atoms with Gasteiger partial charge in [0.15, 0.2) is 5.84 Å². The van der Waals surface area contributed by atoms with Crippen LogP contribution in [0.3, 0.4) is 0 Å². The number of fused-ring (bicyclic) bond motifs is 7. The van der Waals surface area contributed by atoms with Gasteiger partial charge in [0.25, 0.3) is 0 Å². The Morgan fingerprint density at radius 2 is 1.19 bits per heavy atom. The summed E-state index contributed by atoms with van der Waals surface area (Å²) in [6, 6.07) is 52.2. The number of furan rings is 2. The topological polar surface area (TPSA) is 63.0 Å². The first-order chi connectivity index (χ1) is 23.8. The second-order valence-electron chi connectivity index (χ2n) is 12.2. The molecular formula is C43H27N3O2. The Hall–Kier alpha value is -6.46. The molecule has 1 aliphatic heterocycles. The van der Waals surface area contributed by atoms with Gasteiger partial charge in [0.2, 0.25) is 0 Å². The normalized spacial score (nSPS) is 14.9. The van der Waals surface area contributed by atoms with Crippen LogP contribution >= 0.6 is 0 Å². The summed E-state index contributed by atoms with van der Waals surface area (Å²) in [6.07, 6.45) is -0.337. The zero-order valence-corrected chi connectivity index (χ0v) is 25.7. The average Bonchev–Trinajstić information content (AvgIpc) is 3.71. The van der Waals surface area contributed by atoms with Crippen LogP contribution in [0.25, 0.3) is 65.8 Å². The second kappa shape index (κ2) is 10.5. The van der Waals surface area contributed by atoms with Crippen molar-refractivity contribution in [3.05, 3.63) is 168 Å². The molecule has 3 heterocycles. The monoisotopic (exact) mass is 617 g/mol. The summed E-state index contributed by atoms with van der Waals surface area (Å²) in [7, 11) is 0. The summed E-state index contributed by atoms with van der Waals surface area (Å²) >= 11 is 0. The zero-order chi connectivity index (χ0) is 31.6. The smallest absolute Gasteiger partial charge is 0.159 e. The molecule has 0 aliphatic carbocycles. The largest absolute Gasteiger partial charge is 0.456 e. The van der Waals surface area contributed by atoms with Crippen molar-refractivity contribution in [2.45, 2.75) is 6.17 Å².